The smallest absolute Gasteiger partial charge is 0.333 e. The van der Waals surface area contributed by atoms with E-state index in [1.54, 1.807) is 13.0 Å². The van der Waals surface area contributed by atoms with Crippen LogP contribution in [-0.4, -0.2) is 117 Å². The van der Waals surface area contributed by atoms with Crippen LogP contribution in [0.25, 0.3) is 0 Å². The maximum absolute atomic E-state index is 13.5. The number of esters is 2. The van der Waals surface area contributed by atoms with E-state index in [0.717, 1.165) is 44.9 Å². The second-order valence-electron chi connectivity index (χ2n) is 15.6. The predicted molar refractivity (Wildman–Crippen MR) is 210 cm³/mol. The molecule has 2 heterocycles. The van der Waals surface area contributed by atoms with Crippen molar-refractivity contribution < 1.29 is 77.6 Å². The van der Waals surface area contributed by atoms with Crippen molar-refractivity contribution in [2.45, 2.75) is 205 Å². The molecular formula is C40H72O16S. The van der Waals surface area contributed by atoms with Gasteiger partial charge in [-0.15, -0.1) is 4.33 Å². The Balaban J connectivity index is 2.19. The minimum absolute atomic E-state index is 0.00889. The molecule has 2 fully saturated rings. The number of aliphatic hydroxyl groups excluding tert-OH is 5. The highest BCUT2D eigenvalue weighted by atomic mass is 32.2. The summed E-state index contributed by atoms with van der Waals surface area (Å²) in [6, 6.07) is 0. The standard InChI is InChI=1S/C40H72O16S/c1-6-8-9-10-11-12-13-14-15-16-17-18-19-21-31(43)51-37-36(52-38(47)28(5)23-27(4)22-26(3)20-7-2)33(45)30(25-42)50-40(37)53-39-34(46)35(54-57-56-55-48)32(44)29(24-41)49-39/h23,26-27,29-30,32-37,39-42,44-46,48H,6-22,24-25H2,1-5H3/b28-23+/t26-,27-,29?,30?,32?,33?,34?,35?,36?,37?,39?,40?/m0/s1. The van der Waals surface area contributed by atoms with Crippen LogP contribution < -0.4 is 0 Å². The summed E-state index contributed by atoms with van der Waals surface area (Å²) in [5.74, 6) is -1.00. The number of rotatable bonds is 30. The number of hydrogen-bond acceptors (Lipinski definition) is 17. The van der Waals surface area contributed by atoms with Crippen LogP contribution in [0.1, 0.15) is 144 Å². The highest BCUT2D eigenvalue weighted by Gasteiger charge is 2.54. The van der Waals surface area contributed by atoms with E-state index in [-0.39, 0.29) is 30.2 Å². The van der Waals surface area contributed by atoms with Gasteiger partial charge < -0.3 is 49.2 Å². The minimum atomic E-state index is -1.81. The van der Waals surface area contributed by atoms with E-state index in [1.807, 2.05) is 6.92 Å². The highest BCUT2D eigenvalue weighted by molar-refractivity contribution is 7.89. The summed E-state index contributed by atoms with van der Waals surface area (Å²) in [6.45, 7) is 8.54. The Labute approximate surface area is 343 Å². The summed E-state index contributed by atoms with van der Waals surface area (Å²) in [6.07, 6.45) is 3.22. The Kier molecular flexibility index (Phi) is 27.0. The first-order valence-electron chi connectivity index (χ1n) is 21.0. The first-order chi connectivity index (χ1) is 27.4. The zero-order valence-corrected chi connectivity index (χ0v) is 35.4. The molecular weight excluding hydrogens is 768 g/mol. The molecule has 0 aromatic rings. The van der Waals surface area contributed by atoms with Gasteiger partial charge in [-0.05, 0) is 31.6 Å². The first-order valence-corrected chi connectivity index (χ1v) is 21.7. The van der Waals surface area contributed by atoms with Crippen molar-refractivity contribution in [3.05, 3.63) is 11.6 Å². The molecule has 0 saturated carbocycles. The van der Waals surface area contributed by atoms with Crippen molar-refractivity contribution in [1.29, 1.82) is 0 Å². The van der Waals surface area contributed by atoms with Crippen LogP contribution in [0, 0.1) is 11.8 Å². The molecule has 0 aliphatic carbocycles. The average Bonchev–Trinajstić information content (AvgIpc) is 3.18. The van der Waals surface area contributed by atoms with Gasteiger partial charge in [-0.2, -0.15) is 0 Å². The van der Waals surface area contributed by atoms with Gasteiger partial charge in [-0.3, -0.25) is 8.98 Å². The van der Waals surface area contributed by atoms with Crippen LogP contribution in [0.2, 0.25) is 0 Å². The second-order valence-corrected chi connectivity index (χ2v) is 16.1. The molecule has 334 valence electrons. The number of unbranched alkanes of at least 4 members (excludes halogenated alkanes) is 12. The van der Waals surface area contributed by atoms with E-state index in [1.165, 1.54) is 51.4 Å². The molecule has 0 aromatic heterocycles. The average molecular weight is 841 g/mol. The Hall–Kier alpha value is -1.45. The van der Waals surface area contributed by atoms with Gasteiger partial charge in [-0.1, -0.05) is 129 Å². The summed E-state index contributed by atoms with van der Waals surface area (Å²) in [7, 11) is 0. The molecule has 2 aliphatic heterocycles. The molecule has 17 heteroatoms. The van der Waals surface area contributed by atoms with Crippen molar-refractivity contribution in [2.75, 3.05) is 13.2 Å². The highest BCUT2D eigenvalue weighted by Crippen LogP contribution is 2.33. The van der Waals surface area contributed by atoms with Crippen molar-refractivity contribution >= 4 is 24.3 Å². The molecule has 0 bridgehead atoms. The van der Waals surface area contributed by atoms with E-state index < -0.39 is 86.6 Å². The number of carbonyl (C=O) groups is 2. The van der Waals surface area contributed by atoms with Gasteiger partial charge in [0.25, 0.3) is 0 Å². The predicted octanol–water partition coefficient (Wildman–Crippen LogP) is 5.60. The fourth-order valence-electron chi connectivity index (χ4n) is 7.42. The summed E-state index contributed by atoms with van der Waals surface area (Å²) in [5.41, 5.74) is 0.261. The Morgan fingerprint density at radius 3 is 1.81 bits per heavy atom. The third kappa shape index (κ3) is 18.8. The normalized spacial score (nSPS) is 29.2. The largest absolute Gasteiger partial charge is 0.453 e. The fourth-order valence-corrected chi connectivity index (χ4v) is 7.79. The van der Waals surface area contributed by atoms with Gasteiger partial charge in [0, 0.05) is 12.0 Å². The number of allylic oxidation sites excluding steroid dienone is 1. The third-order valence-electron chi connectivity index (χ3n) is 10.5. The molecule has 10 unspecified atom stereocenters. The van der Waals surface area contributed by atoms with Gasteiger partial charge in [0.2, 0.25) is 6.29 Å². The van der Waals surface area contributed by atoms with Gasteiger partial charge in [-0.25, -0.2) is 10.1 Å². The molecule has 12 atom stereocenters. The molecule has 0 radical (unpaired) electrons. The first kappa shape index (κ1) is 51.7. The van der Waals surface area contributed by atoms with Crippen LogP contribution in [0.15, 0.2) is 11.6 Å². The van der Waals surface area contributed by atoms with Gasteiger partial charge in [0.05, 0.1) is 13.2 Å². The van der Waals surface area contributed by atoms with Gasteiger partial charge in [0.1, 0.15) is 36.6 Å². The van der Waals surface area contributed by atoms with Crippen LogP contribution in [-0.2, 0) is 46.8 Å². The number of carbonyl (C=O) groups excluding carboxylic acids is 2. The number of aliphatic hydroxyl groups is 5. The maximum Gasteiger partial charge on any atom is 0.333 e. The Morgan fingerprint density at radius 1 is 0.719 bits per heavy atom. The number of hydrogen-bond donors (Lipinski definition) is 6. The Morgan fingerprint density at radius 2 is 1.26 bits per heavy atom. The lowest BCUT2D eigenvalue weighted by atomic mass is 9.92. The van der Waals surface area contributed by atoms with Crippen molar-refractivity contribution in [3.8, 4) is 0 Å². The molecule has 16 nitrogen and oxygen atoms in total. The van der Waals surface area contributed by atoms with E-state index in [9.17, 15) is 35.1 Å². The molecule has 2 rings (SSSR count). The molecule has 0 spiro atoms. The Bertz CT molecular complexity index is 1120. The van der Waals surface area contributed by atoms with Gasteiger partial charge >= 0.3 is 11.9 Å². The second kappa shape index (κ2) is 29.7. The van der Waals surface area contributed by atoms with Crippen molar-refractivity contribution in [2.24, 2.45) is 11.8 Å². The number of ether oxygens (including phenoxy) is 5. The van der Waals surface area contributed by atoms with Crippen LogP contribution in [0.5, 0.6) is 0 Å². The topological polar surface area (TPSA) is 229 Å². The lowest BCUT2D eigenvalue weighted by molar-refractivity contribution is -0.435. The molecule has 57 heavy (non-hydrogen) atoms. The molecule has 0 amide bonds. The third-order valence-corrected chi connectivity index (χ3v) is 10.9. The van der Waals surface area contributed by atoms with Crippen LogP contribution in [0.4, 0.5) is 0 Å². The fraction of sp³-hybridized carbons (Fsp3) is 0.900. The van der Waals surface area contributed by atoms with Gasteiger partial charge in [0.15, 0.2) is 30.8 Å². The van der Waals surface area contributed by atoms with Crippen LogP contribution >= 0.6 is 12.3 Å². The summed E-state index contributed by atoms with van der Waals surface area (Å²) in [5, 5.41) is 65.0. The molecule has 2 aliphatic rings. The lowest BCUT2D eigenvalue weighted by Crippen LogP contribution is -2.65. The van der Waals surface area contributed by atoms with Crippen molar-refractivity contribution in [3.63, 3.8) is 0 Å². The van der Waals surface area contributed by atoms with E-state index in [2.05, 4.69) is 30.1 Å². The zero-order chi connectivity index (χ0) is 42.2. The van der Waals surface area contributed by atoms with E-state index in [4.69, 9.17) is 33.1 Å². The summed E-state index contributed by atoms with van der Waals surface area (Å²) in [4.78, 5) is 26.9. The summed E-state index contributed by atoms with van der Waals surface area (Å²) < 4.78 is 38.4. The lowest BCUT2D eigenvalue weighted by Gasteiger charge is -2.46. The monoisotopic (exact) mass is 840 g/mol. The quantitative estimate of drug-likeness (QED) is 0.0129. The SMILES string of the molecule is CCCCCCCCCCCCCCCC(=O)OC1C(OC2OC(CO)C(O)C(OSOOO)C2O)OC(CO)C(O)C1OC(=O)/C(C)=C/[C@@H](C)C[C@@H](C)CCC. The molecule has 2 saturated heterocycles. The summed E-state index contributed by atoms with van der Waals surface area (Å²) >= 11 is 0.0652. The van der Waals surface area contributed by atoms with Crippen molar-refractivity contribution in [1.82, 2.24) is 0 Å². The van der Waals surface area contributed by atoms with E-state index >= 15 is 0 Å². The minimum Gasteiger partial charge on any atom is -0.453 e. The van der Waals surface area contributed by atoms with E-state index in [0.29, 0.717) is 12.3 Å². The maximum atomic E-state index is 13.5. The molecule has 0 aromatic carbocycles. The van der Waals surface area contributed by atoms with Crippen LogP contribution in [0.3, 0.4) is 0 Å². The zero-order valence-electron chi connectivity index (χ0n) is 34.6. The molecule has 6 N–H and O–H groups in total.